The first-order valence-corrected chi connectivity index (χ1v) is 7.66. The molecule has 1 unspecified atom stereocenters. The fourth-order valence-electron chi connectivity index (χ4n) is 3.35. The maximum Gasteiger partial charge on any atom is 0.253 e. The summed E-state index contributed by atoms with van der Waals surface area (Å²) < 4.78 is 0. The number of carbonyl (C=O) groups is 2. The second kappa shape index (κ2) is 5.51. The predicted molar refractivity (Wildman–Crippen MR) is 82.6 cm³/mol. The summed E-state index contributed by atoms with van der Waals surface area (Å²) in [6.07, 6.45) is 1.25. The molecule has 1 aliphatic heterocycles. The maximum atomic E-state index is 13.1. The molecular formula is C17H24N2O2. The number of likely N-dealkylation sites (N-methyl/N-ethyl adjacent to an activating group) is 1. The number of nitrogens with one attached hydrogen (secondary N) is 1. The number of benzene rings is 1. The lowest BCUT2D eigenvalue weighted by atomic mass is 9.79. The summed E-state index contributed by atoms with van der Waals surface area (Å²) in [5.74, 6) is -0.0835. The molecule has 0 aromatic heterocycles. The summed E-state index contributed by atoms with van der Waals surface area (Å²) in [5.41, 5.74) is -0.884. The Morgan fingerprint density at radius 2 is 1.62 bits per heavy atom. The number of rotatable bonds is 4. The van der Waals surface area contributed by atoms with Crippen LogP contribution in [0, 0.1) is 0 Å². The van der Waals surface area contributed by atoms with Crippen molar-refractivity contribution in [3.8, 4) is 0 Å². The third kappa shape index (κ3) is 2.13. The first-order chi connectivity index (χ1) is 9.96. The highest BCUT2D eigenvalue weighted by Crippen LogP contribution is 2.36. The highest BCUT2D eigenvalue weighted by Gasteiger charge is 2.55. The first-order valence-electron chi connectivity index (χ1n) is 7.66. The Kier molecular flexibility index (Phi) is 4.08. The summed E-state index contributed by atoms with van der Waals surface area (Å²) in [6, 6.07) is 9.45. The molecule has 1 atom stereocenters. The molecule has 1 aliphatic rings. The van der Waals surface area contributed by atoms with Gasteiger partial charge in [0.15, 0.2) is 0 Å². The molecule has 0 aliphatic carbocycles. The molecular weight excluding hydrogens is 264 g/mol. The molecule has 4 nitrogen and oxygen atoms in total. The van der Waals surface area contributed by atoms with Gasteiger partial charge >= 0.3 is 0 Å². The fraction of sp³-hybridized carbons (Fsp3) is 0.529. The number of amides is 2. The highest BCUT2D eigenvalue weighted by molar-refractivity contribution is 6.02. The van der Waals surface area contributed by atoms with Crippen molar-refractivity contribution in [2.45, 2.75) is 51.6 Å². The normalized spacial score (nSPS) is 24.9. The lowest BCUT2D eigenvalue weighted by molar-refractivity contribution is -0.163. The Bertz CT molecular complexity index is 537. The molecule has 1 saturated heterocycles. The molecule has 2 amide bonds. The Hall–Kier alpha value is -1.84. The number of hydrogen-bond donors (Lipinski definition) is 1. The van der Waals surface area contributed by atoms with E-state index in [9.17, 15) is 9.59 Å². The van der Waals surface area contributed by atoms with Crippen LogP contribution in [0.2, 0.25) is 0 Å². The van der Waals surface area contributed by atoms with E-state index in [-0.39, 0.29) is 11.8 Å². The van der Waals surface area contributed by atoms with Gasteiger partial charge in [0.1, 0.15) is 11.1 Å². The van der Waals surface area contributed by atoms with Crippen molar-refractivity contribution >= 4 is 11.8 Å². The average molecular weight is 288 g/mol. The van der Waals surface area contributed by atoms with Crippen molar-refractivity contribution in [3.05, 3.63) is 35.9 Å². The third-order valence-electron chi connectivity index (χ3n) is 4.81. The lowest BCUT2D eigenvalue weighted by Gasteiger charge is -2.51. The number of carbonyl (C=O) groups excluding carboxylic acids is 2. The van der Waals surface area contributed by atoms with Gasteiger partial charge in [-0.1, -0.05) is 44.2 Å². The van der Waals surface area contributed by atoms with Crippen molar-refractivity contribution in [2.24, 2.45) is 0 Å². The average Bonchev–Trinajstić information content (AvgIpc) is 2.51. The van der Waals surface area contributed by atoms with Crippen molar-refractivity contribution in [1.82, 2.24) is 10.2 Å². The monoisotopic (exact) mass is 288 g/mol. The highest BCUT2D eigenvalue weighted by atomic mass is 16.2. The molecule has 0 spiro atoms. The Labute approximate surface area is 126 Å². The second-order valence-corrected chi connectivity index (χ2v) is 5.73. The van der Waals surface area contributed by atoms with Gasteiger partial charge in [0, 0.05) is 6.54 Å². The van der Waals surface area contributed by atoms with Crippen molar-refractivity contribution < 1.29 is 9.59 Å². The van der Waals surface area contributed by atoms with E-state index in [4.69, 9.17) is 0 Å². The van der Waals surface area contributed by atoms with Crippen LogP contribution in [0.3, 0.4) is 0 Å². The predicted octanol–water partition coefficient (Wildman–Crippen LogP) is 2.44. The van der Waals surface area contributed by atoms with E-state index in [1.807, 2.05) is 51.1 Å². The van der Waals surface area contributed by atoms with Gasteiger partial charge in [-0.2, -0.15) is 0 Å². The molecule has 0 saturated carbocycles. The van der Waals surface area contributed by atoms with Crippen LogP contribution < -0.4 is 5.32 Å². The van der Waals surface area contributed by atoms with Crippen LogP contribution >= 0.6 is 0 Å². The van der Waals surface area contributed by atoms with Crippen LogP contribution in [0.5, 0.6) is 0 Å². The Morgan fingerprint density at radius 1 is 1.05 bits per heavy atom. The largest absolute Gasteiger partial charge is 0.336 e. The van der Waals surface area contributed by atoms with E-state index in [1.165, 1.54) is 0 Å². The van der Waals surface area contributed by atoms with Gasteiger partial charge in [0.05, 0.1) is 0 Å². The maximum absolute atomic E-state index is 13.1. The van der Waals surface area contributed by atoms with Crippen LogP contribution in [-0.2, 0) is 15.1 Å². The zero-order chi connectivity index (χ0) is 15.7. The van der Waals surface area contributed by atoms with E-state index >= 15 is 0 Å². The van der Waals surface area contributed by atoms with Gasteiger partial charge in [0.2, 0.25) is 5.91 Å². The van der Waals surface area contributed by atoms with Gasteiger partial charge in [0.25, 0.3) is 5.91 Å². The molecule has 1 aromatic carbocycles. The quantitative estimate of drug-likeness (QED) is 0.925. The third-order valence-corrected chi connectivity index (χ3v) is 4.81. The summed E-state index contributed by atoms with van der Waals surface area (Å²) >= 11 is 0. The molecule has 1 aromatic rings. The number of nitrogens with zero attached hydrogens (tertiary/aromatic N) is 1. The van der Waals surface area contributed by atoms with Gasteiger partial charge in [-0.3, -0.25) is 9.59 Å². The summed E-state index contributed by atoms with van der Waals surface area (Å²) in [6.45, 7) is 8.19. The zero-order valence-electron chi connectivity index (χ0n) is 13.3. The Balaban J connectivity index is 2.52. The second-order valence-electron chi connectivity index (χ2n) is 5.73. The van der Waals surface area contributed by atoms with Crippen molar-refractivity contribution in [3.63, 3.8) is 0 Å². The minimum atomic E-state index is -0.984. The molecule has 2 rings (SSSR count). The van der Waals surface area contributed by atoms with E-state index in [0.29, 0.717) is 19.4 Å². The molecule has 114 valence electrons. The zero-order valence-corrected chi connectivity index (χ0v) is 13.3. The SMILES string of the molecule is CCN1C(=O)C(C)(c2ccccc2)NC(=O)C1(CC)CC. The molecule has 0 radical (unpaired) electrons. The van der Waals surface area contributed by atoms with E-state index in [1.54, 1.807) is 11.8 Å². The van der Waals surface area contributed by atoms with Gasteiger partial charge in [-0.05, 0) is 32.3 Å². The van der Waals surface area contributed by atoms with E-state index in [0.717, 1.165) is 5.56 Å². The summed E-state index contributed by atoms with van der Waals surface area (Å²) in [7, 11) is 0. The Morgan fingerprint density at radius 3 is 2.10 bits per heavy atom. The van der Waals surface area contributed by atoms with Crippen LogP contribution in [-0.4, -0.2) is 28.8 Å². The van der Waals surface area contributed by atoms with Crippen LogP contribution in [0.15, 0.2) is 30.3 Å². The van der Waals surface area contributed by atoms with Gasteiger partial charge in [-0.15, -0.1) is 0 Å². The summed E-state index contributed by atoms with van der Waals surface area (Å²) in [5, 5.41) is 2.99. The summed E-state index contributed by atoms with van der Waals surface area (Å²) in [4.78, 5) is 27.6. The molecule has 1 fully saturated rings. The van der Waals surface area contributed by atoms with Crippen LogP contribution in [0.25, 0.3) is 0 Å². The lowest BCUT2D eigenvalue weighted by Crippen LogP contribution is -2.73. The van der Waals surface area contributed by atoms with Gasteiger partial charge in [-0.25, -0.2) is 0 Å². The van der Waals surface area contributed by atoms with E-state index < -0.39 is 11.1 Å². The van der Waals surface area contributed by atoms with Crippen LogP contribution in [0.1, 0.15) is 46.1 Å². The standard InChI is InChI=1S/C17H24N2O2/c1-5-17(6-2)14(20)18-16(4,15(21)19(17)7-3)13-11-9-8-10-12-13/h8-12H,5-7H2,1-4H3,(H,18,20). The topological polar surface area (TPSA) is 49.4 Å². The minimum absolute atomic E-state index is 0.0282. The van der Waals surface area contributed by atoms with E-state index in [2.05, 4.69) is 5.32 Å². The molecule has 4 heteroatoms. The molecule has 1 N–H and O–H groups in total. The smallest absolute Gasteiger partial charge is 0.253 e. The fourth-order valence-corrected chi connectivity index (χ4v) is 3.35. The van der Waals surface area contributed by atoms with Crippen LogP contribution in [0.4, 0.5) is 0 Å². The molecule has 21 heavy (non-hydrogen) atoms. The number of piperazine rings is 1. The molecule has 1 heterocycles. The number of hydrogen-bond acceptors (Lipinski definition) is 2. The first kappa shape index (κ1) is 15.5. The molecule has 0 bridgehead atoms. The van der Waals surface area contributed by atoms with Crippen molar-refractivity contribution in [1.29, 1.82) is 0 Å². The van der Waals surface area contributed by atoms with Crippen molar-refractivity contribution in [2.75, 3.05) is 6.54 Å². The van der Waals surface area contributed by atoms with Gasteiger partial charge < -0.3 is 10.2 Å². The minimum Gasteiger partial charge on any atom is -0.336 e.